The first-order chi connectivity index (χ1) is 6.59. The van der Waals surface area contributed by atoms with E-state index in [1.54, 1.807) is 25.2 Å². The molecule has 0 amide bonds. The Hall–Kier alpha value is -2.04. The smallest absolute Gasteiger partial charge is 0.397 e. The van der Waals surface area contributed by atoms with Crippen molar-refractivity contribution in [1.29, 1.82) is 0 Å². The van der Waals surface area contributed by atoms with Crippen LogP contribution in [0.4, 0.5) is 5.69 Å². The lowest BCUT2D eigenvalue weighted by atomic mass is 10.3. The Bertz CT molecular complexity index is 516. The Balaban J connectivity index is 2.79. The normalized spacial score (nSPS) is 10.6. The molecule has 0 saturated heterocycles. The van der Waals surface area contributed by atoms with Gasteiger partial charge in [-0.3, -0.25) is 0 Å². The SMILES string of the molecule is C[n+]1c(C(=O)[O-])oc2cc(N)ccc21. The molecule has 0 bridgehead atoms. The highest BCUT2D eigenvalue weighted by molar-refractivity contribution is 5.82. The Morgan fingerprint density at radius 1 is 1.57 bits per heavy atom. The number of aryl methyl sites for hydroxylation is 1. The number of oxazole rings is 1. The van der Waals surface area contributed by atoms with E-state index in [0.717, 1.165) is 0 Å². The van der Waals surface area contributed by atoms with Gasteiger partial charge in [-0.05, 0) is 6.07 Å². The highest BCUT2D eigenvalue weighted by Gasteiger charge is 2.19. The molecule has 0 aliphatic heterocycles. The highest BCUT2D eigenvalue weighted by Crippen LogP contribution is 2.16. The van der Waals surface area contributed by atoms with Crippen molar-refractivity contribution in [2.75, 3.05) is 5.73 Å². The van der Waals surface area contributed by atoms with E-state index in [2.05, 4.69) is 0 Å². The van der Waals surface area contributed by atoms with Crippen molar-refractivity contribution < 1.29 is 18.9 Å². The number of benzene rings is 1. The first-order valence-corrected chi connectivity index (χ1v) is 3.99. The van der Waals surface area contributed by atoms with Crippen molar-refractivity contribution in [3.8, 4) is 0 Å². The van der Waals surface area contributed by atoms with Crippen LogP contribution in [0.2, 0.25) is 0 Å². The number of hydrogen-bond acceptors (Lipinski definition) is 4. The van der Waals surface area contributed by atoms with Crippen LogP contribution in [-0.2, 0) is 7.05 Å². The molecule has 0 unspecified atom stereocenters. The molecule has 2 N–H and O–H groups in total. The van der Waals surface area contributed by atoms with Crippen molar-refractivity contribution in [3.63, 3.8) is 0 Å². The largest absolute Gasteiger partial charge is 0.537 e. The van der Waals surface area contributed by atoms with E-state index in [-0.39, 0.29) is 5.89 Å². The summed E-state index contributed by atoms with van der Waals surface area (Å²) in [5.74, 6) is -1.56. The predicted molar refractivity (Wildman–Crippen MR) is 46.1 cm³/mol. The molecular formula is C9H8N2O3. The van der Waals surface area contributed by atoms with Crippen LogP contribution in [-0.4, -0.2) is 5.97 Å². The van der Waals surface area contributed by atoms with Crippen LogP contribution < -0.4 is 15.4 Å². The van der Waals surface area contributed by atoms with E-state index in [1.165, 1.54) is 4.57 Å². The van der Waals surface area contributed by atoms with Gasteiger partial charge in [0, 0.05) is 17.8 Å². The fraction of sp³-hybridized carbons (Fsp3) is 0.111. The summed E-state index contributed by atoms with van der Waals surface area (Å²) < 4.78 is 6.47. The maximum absolute atomic E-state index is 10.6. The van der Waals surface area contributed by atoms with Gasteiger partial charge in [0.1, 0.15) is 7.05 Å². The Kier molecular flexibility index (Phi) is 1.67. The number of rotatable bonds is 1. The summed E-state index contributed by atoms with van der Waals surface area (Å²) in [4.78, 5) is 10.6. The number of carbonyl (C=O) groups is 1. The van der Waals surface area contributed by atoms with Gasteiger partial charge in [0.2, 0.25) is 5.58 Å². The molecule has 1 aromatic carbocycles. The number of carboxylic acid groups (broad SMARTS) is 1. The number of carbonyl (C=O) groups excluding carboxylic acids is 1. The zero-order valence-electron chi connectivity index (χ0n) is 7.48. The van der Waals surface area contributed by atoms with Crippen LogP contribution in [0.1, 0.15) is 10.7 Å². The van der Waals surface area contributed by atoms with Gasteiger partial charge in [0.15, 0.2) is 5.97 Å². The van der Waals surface area contributed by atoms with Gasteiger partial charge >= 0.3 is 5.89 Å². The van der Waals surface area contributed by atoms with Crippen LogP contribution >= 0.6 is 0 Å². The second kappa shape index (κ2) is 2.73. The molecule has 5 nitrogen and oxygen atoms in total. The first-order valence-electron chi connectivity index (χ1n) is 3.99. The molecule has 0 fully saturated rings. The molecular weight excluding hydrogens is 184 g/mol. The molecule has 2 aromatic rings. The van der Waals surface area contributed by atoms with E-state index in [1.807, 2.05) is 0 Å². The number of aromatic nitrogens is 1. The Morgan fingerprint density at radius 2 is 2.29 bits per heavy atom. The number of nitrogens with zero attached hydrogens (tertiary/aromatic N) is 1. The summed E-state index contributed by atoms with van der Waals surface area (Å²) in [6.07, 6.45) is 0. The third-order valence-corrected chi connectivity index (χ3v) is 2.03. The fourth-order valence-electron chi connectivity index (χ4n) is 1.35. The van der Waals surface area contributed by atoms with Crippen molar-refractivity contribution >= 4 is 22.8 Å². The molecule has 0 aliphatic carbocycles. The van der Waals surface area contributed by atoms with E-state index in [9.17, 15) is 9.90 Å². The fourth-order valence-corrected chi connectivity index (χ4v) is 1.35. The van der Waals surface area contributed by atoms with Crippen LogP contribution in [0, 0.1) is 0 Å². The zero-order chi connectivity index (χ0) is 10.3. The number of carboxylic acids is 1. The van der Waals surface area contributed by atoms with Gasteiger partial charge in [-0.15, -0.1) is 0 Å². The molecule has 72 valence electrons. The highest BCUT2D eigenvalue weighted by atomic mass is 16.4. The standard InChI is InChI=1S/C9H8N2O3/c1-11-6-3-2-5(10)4-7(6)14-8(11)9(12)13/h2-4H,10H2,1H3. The maximum atomic E-state index is 10.6. The first kappa shape index (κ1) is 8.55. The number of aromatic carboxylic acids is 1. The lowest BCUT2D eigenvalue weighted by Gasteiger charge is -1.89. The summed E-state index contributed by atoms with van der Waals surface area (Å²) in [7, 11) is 1.59. The quantitative estimate of drug-likeness (QED) is 0.473. The van der Waals surface area contributed by atoms with E-state index >= 15 is 0 Å². The number of fused-ring (bicyclic) bond motifs is 1. The number of nitrogen functional groups attached to an aromatic ring is 1. The third-order valence-electron chi connectivity index (χ3n) is 2.03. The average molecular weight is 192 g/mol. The topological polar surface area (TPSA) is 83.2 Å². The molecule has 14 heavy (non-hydrogen) atoms. The van der Waals surface area contributed by atoms with Crippen LogP contribution in [0.15, 0.2) is 22.6 Å². The average Bonchev–Trinajstić information content (AvgIpc) is 2.43. The van der Waals surface area contributed by atoms with Crippen molar-refractivity contribution in [3.05, 3.63) is 24.1 Å². The second-order valence-corrected chi connectivity index (χ2v) is 2.98. The molecule has 0 spiro atoms. The lowest BCUT2D eigenvalue weighted by molar-refractivity contribution is -0.655. The molecule has 0 atom stereocenters. The molecule has 5 heteroatoms. The molecule has 0 radical (unpaired) electrons. The van der Waals surface area contributed by atoms with Gasteiger partial charge in [-0.1, -0.05) is 0 Å². The van der Waals surface area contributed by atoms with E-state index in [4.69, 9.17) is 10.2 Å². The molecule has 1 aromatic heterocycles. The van der Waals surface area contributed by atoms with Crippen LogP contribution in [0.25, 0.3) is 11.1 Å². The minimum atomic E-state index is -1.35. The van der Waals surface area contributed by atoms with Gasteiger partial charge in [-0.25, -0.2) is 0 Å². The van der Waals surface area contributed by atoms with Gasteiger partial charge in [0.05, 0.1) is 0 Å². The Labute approximate surface area is 79.4 Å². The summed E-state index contributed by atoms with van der Waals surface area (Å²) in [6, 6.07) is 4.94. The summed E-state index contributed by atoms with van der Waals surface area (Å²) in [5, 5.41) is 10.6. The number of hydrogen-bond donors (Lipinski definition) is 1. The second-order valence-electron chi connectivity index (χ2n) is 2.98. The molecule has 1 heterocycles. The molecule has 0 aliphatic rings. The van der Waals surface area contributed by atoms with Gasteiger partial charge in [0.25, 0.3) is 5.52 Å². The van der Waals surface area contributed by atoms with Crippen molar-refractivity contribution in [2.24, 2.45) is 7.05 Å². The van der Waals surface area contributed by atoms with E-state index < -0.39 is 5.97 Å². The minimum absolute atomic E-state index is 0.217. The third kappa shape index (κ3) is 1.10. The van der Waals surface area contributed by atoms with Crippen molar-refractivity contribution in [2.45, 2.75) is 0 Å². The monoisotopic (exact) mass is 192 g/mol. The predicted octanol–water partition coefficient (Wildman–Crippen LogP) is -0.797. The van der Waals surface area contributed by atoms with Crippen LogP contribution in [0.3, 0.4) is 0 Å². The maximum Gasteiger partial charge on any atom is 0.397 e. The lowest BCUT2D eigenvalue weighted by Crippen LogP contribution is -2.39. The number of anilines is 1. The van der Waals surface area contributed by atoms with Gasteiger partial charge in [-0.2, -0.15) is 4.57 Å². The van der Waals surface area contributed by atoms with E-state index in [0.29, 0.717) is 16.8 Å². The van der Waals surface area contributed by atoms with Crippen LogP contribution in [0.5, 0.6) is 0 Å². The number of nitrogens with two attached hydrogens (primary N) is 1. The molecule has 0 saturated carbocycles. The van der Waals surface area contributed by atoms with Crippen molar-refractivity contribution in [1.82, 2.24) is 0 Å². The summed E-state index contributed by atoms with van der Waals surface area (Å²) in [5.41, 5.74) is 7.15. The summed E-state index contributed by atoms with van der Waals surface area (Å²) >= 11 is 0. The minimum Gasteiger partial charge on any atom is -0.537 e. The van der Waals surface area contributed by atoms with Gasteiger partial charge < -0.3 is 20.1 Å². The molecule has 2 rings (SSSR count). The zero-order valence-corrected chi connectivity index (χ0v) is 7.48. The summed E-state index contributed by atoms with van der Waals surface area (Å²) in [6.45, 7) is 0. The Morgan fingerprint density at radius 3 is 2.93 bits per heavy atom.